The third-order valence-corrected chi connectivity index (χ3v) is 5.36. The van der Waals surface area contributed by atoms with E-state index in [2.05, 4.69) is 19.2 Å². The number of hydrogen-bond donors (Lipinski definition) is 1. The first-order valence-electron chi connectivity index (χ1n) is 8.09. The van der Waals surface area contributed by atoms with E-state index in [0.717, 1.165) is 18.8 Å². The van der Waals surface area contributed by atoms with Crippen LogP contribution in [0.2, 0.25) is 0 Å². The molecule has 2 aliphatic rings. The zero-order valence-electron chi connectivity index (χ0n) is 14.3. The van der Waals surface area contributed by atoms with Crippen molar-refractivity contribution in [2.24, 2.45) is 18.4 Å². The summed E-state index contributed by atoms with van der Waals surface area (Å²) in [6.07, 6.45) is 0. The van der Waals surface area contributed by atoms with Crippen LogP contribution in [0.5, 0.6) is 0 Å². The van der Waals surface area contributed by atoms with Gasteiger partial charge >= 0.3 is 6.03 Å². The molecule has 0 aromatic carbocycles. The summed E-state index contributed by atoms with van der Waals surface area (Å²) in [6, 6.07) is 3.71. The van der Waals surface area contributed by atoms with Crippen LogP contribution in [0.15, 0.2) is 16.9 Å². The number of hydrogen-bond acceptors (Lipinski definition) is 3. The molecule has 2 amide bonds. The Morgan fingerprint density at radius 3 is 2.87 bits per heavy atom. The number of urea groups is 1. The molecular formula is C17H25N3O3. The Hall–Kier alpha value is -1.82. The number of carbonyl (C=O) groups is 1. The Bertz CT molecular complexity index is 680. The van der Waals surface area contributed by atoms with Gasteiger partial charge in [-0.1, -0.05) is 19.9 Å². The molecule has 3 rings (SSSR count). The second-order valence-electron chi connectivity index (χ2n) is 7.35. The lowest BCUT2D eigenvalue weighted by Gasteiger charge is -2.24. The maximum absolute atomic E-state index is 12.6. The van der Waals surface area contributed by atoms with Crippen LogP contribution >= 0.6 is 0 Å². The minimum atomic E-state index is -0.112. The van der Waals surface area contributed by atoms with E-state index < -0.39 is 0 Å². The number of aromatic nitrogens is 1. The van der Waals surface area contributed by atoms with Crippen molar-refractivity contribution in [2.45, 2.75) is 33.4 Å². The summed E-state index contributed by atoms with van der Waals surface area (Å²) in [7, 11) is 1.74. The summed E-state index contributed by atoms with van der Waals surface area (Å²) >= 11 is 0. The van der Waals surface area contributed by atoms with Crippen molar-refractivity contribution in [2.75, 3.05) is 19.8 Å². The number of likely N-dealkylation sites (tertiary alicyclic amines) is 1. The van der Waals surface area contributed by atoms with Crippen molar-refractivity contribution < 1.29 is 9.53 Å². The van der Waals surface area contributed by atoms with Crippen LogP contribution in [0.3, 0.4) is 0 Å². The average Bonchev–Trinajstić information content (AvgIpc) is 3.07. The van der Waals surface area contributed by atoms with E-state index in [9.17, 15) is 9.59 Å². The SMILES string of the molecule is Cc1ccc(CNC(=O)N2CC(C)(C)[C@@H]3COC[C@@H]32)c(=O)n1C. The van der Waals surface area contributed by atoms with Crippen LogP contribution in [-0.4, -0.2) is 41.3 Å². The van der Waals surface area contributed by atoms with E-state index in [1.54, 1.807) is 17.7 Å². The molecule has 23 heavy (non-hydrogen) atoms. The predicted molar refractivity (Wildman–Crippen MR) is 87.2 cm³/mol. The third kappa shape index (κ3) is 2.76. The highest BCUT2D eigenvalue weighted by atomic mass is 16.5. The second kappa shape index (κ2) is 5.67. The van der Waals surface area contributed by atoms with Crippen molar-refractivity contribution in [1.82, 2.24) is 14.8 Å². The molecule has 126 valence electrons. The number of nitrogens with one attached hydrogen (secondary N) is 1. The van der Waals surface area contributed by atoms with Gasteiger partial charge in [0.15, 0.2) is 0 Å². The Labute approximate surface area is 136 Å². The summed E-state index contributed by atoms with van der Waals surface area (Å²) in [5, 5.41) is 2.90. The quantitative estimate of drug-likeness (QED) is 0.892. The maximum atomic E-state index is 12.6. The van der Waals surface area contributed by atoms with E-state index in [4.69, 9.17) is 4.74 Å². The average molecular weight is 319 g/mol. The molecule has 1 aromatic rings. The van der Waals surface area contributed by atoms with Gasteiger partial charge in [-0.15, -0.1) is 0 Å². The van der Waals surface area contributed by atoms with Gasteiger partial charge in [0.1, 0.15) is 0 Å². The van der Waals surface area contributed by atoms with Gasteiger partial charge in [0, 0.05) is 37.3 Å². The predicted octanol–water partition coefficient (Wildman–Crippen LogP) is 1.26. The third-order valence-electron chi connectivity index (χ3n) is 5.36. The van der Waals surface area contributed by atoms with Gasteiger partial charge in [-0.25, -0.2) is 4.79 Å². The molecule has 2 aliphatic heterocycles. The first-order valence-corrected chi connectivity index (χ1v) is 8.09. The Morgan fingerprint density at radius 2 is 2.13 bits per heavy atom. The lowest BCUT2D eigenvalue weighted by molar-refractivity contribution is 0.124. The number of ether oxygens (including phenoxy) is 1. The van der Waals surface area contributed by atoms with Gasteiger partial charge in [0.2, 0.25) is 0 Å². The van der Waals surface area contributed by atoms with Gasteiger partial charge in [0.25, 0.3) is 5.56 Å². The highest BCUT2D eigenvalue weighted by Gasteiger charge is 2.51. The molecule has 1 aromatic heterocycles. The summed E-state index contributed by atoms with van der Waals surface area (Å²) < 4.78 is 7.16. The maximum Gasteiger partial charge on any atom is 0.318 e. The van der Waals surface area contributed by atoms with E-state index in [1.807, 2.05) is 17.9 Å². The van der Waals surface area contributed by atoms with E-state index in [1.165, 1.54) is 0 Å². The van der Waals surface area contributed by atoms with Crippen LogP contribution in [0.4, 0.5) is 4.79 Å². The summed E-state index contributed by atoms with van der Waals surface area (Å²) in [5.41, 5.74) is 1.51. The van der Waals surface area contributed by atoms with Gasteiger partial charge in [-0.05, 0) is 18.4 Å². The van der Waals surface area contributed by atoms with Crippen molar-refractivity contribution in [3.63, 3.8) is 0 Å². The van der Waals surface area contributed by atoms with Crippen LogP contribution in [0.25, 0.3) is 0 Å². The van der Waals surface area contributed by atoms with Gasteiger partial charge in [0.05, 0.1) is 19.3 Å². The molecule has 0 radical (unpaired) electrons. The zero-order chi connectivity index (χ0) is 16.8. The van der Waals surface area contributed by atoms with Crippen LogP contribution in [-0.2, 0) is 18.3 Å². The minimum absolute atomic E-state index is 0.0610. The van der Waals surface area contributed by atoms with Crippen molar-refractivity contribution in [1.29, 1.82) is 0 Å². The molecule has 0 saturated carbocycles. The minimum Gasteiger partial charge on any atom is -0.379 e. The fourth-order valence-corrected chi connectivity index (χ4v) is 3.68. The molecule has 0 spiro atoms. The molecule has 1 N–H and O–H groups in total. The molecule has 6 heteroatoms. The lowest BCUT2D eigenvalue weighted by Crippen LogP contribution is -2.45. The first-order chi connectivity index (χ1) is 10.8. The molecule has 2 fully saturated rings. The topological polar surface area (TPSA) is 63.6 Å². The molecule has 0 unspecified atom stereocenters. The van der Waals surface area contributed by atoms with Gasteiger partial charge < -0.3 is 19.5 Å². The fourth-order valence-electron chi connectivity index (χ4n) is 3.68. The monoisotopic (exact) mass is 319 g/mol. The zero-order valence-corrected chi connectivity index (χ0v) is 14.3. The lowest BCUT2D eigenvalue weighted by atomic mass is 9.80. The Balaban J connectivity index is 1.69. The van der Waals surface area contributed by atoms with E-state index in [-0.39, 0.29) is 29.6 Å². The van der Waals surface area contributed by atoms with Gasteiger partial charge in [-0.3, -0.25) is 4.79 Å². The molecule has 2 atom stereocenters. The van der Waals surface area contributed by atoms with Crippen molar-refractivity contribution in [3.05, 3.63) is 33.7 Å². The number of amides is 2. The summed E-state index contributed by atoms with van der Waals surface area (Å²) in [6.45, 7) is 8.55. The van der Waals surface area contributed by atoms with Gasteiger partial charge in [-0.2, -0.15) is 0 Å². The molecule has 2 saturated heterocycles. The number of pyridine rings is 1. The van der Waals surface area contributed by atoms with Crippen molar-refractivity contribution >= 4 is 6.03 Å². The summed E-state index contributed by atoms with van der Waals surface area (Å²) in [4.78, 5) is 26.6. The van der Waals surface area contributed by atoms with Crippen LogP contribution in [0, 0.1) is 18.3 Å². The number of nitrogens with zero attached hydrogens (tertiary/aromatic N) is 2. The number of aryl methyl sites for hydroxylation is 1. The smallest absolute Gasteiger partial charge is 0.318 e. The Morgan fingerprint density at radius 1 is 1.39 bits per heavy atom. The first kappa shape index (κ1) is 16.1. The molecule has 6 nitrogen and oxygen atoms in total. The normalized spacial score (nSPS) is 25.5. The van der Waals surface area contributed by atoms with Crippen LogP contribution < -0.4 is 10.9 Å². The second-order valence-corrected chi connectivity index (χ2v) is 7.35. The number of rotatable bonds is 2. The number of carbonyl (C=O) groups excluding carboxylic acids is 1. The van der Waals surface area contributed by atoms with E-state index in [0.29, 0.717) is 18.1 Å². The summed E-state index contributed by atoms with van der Waals surface area (Å²) in [5.74, 6) is 0.389. The standard InChI is InChI=1S/C17H25N3O3/c1-11-5-6-12(15(21)19(11)4)7-18-16(22)20-10-17(2,3)13-8-23-9-14(13)20/h5-6,13-14H,7-10H2,1-4H3,(H,18,22)/t13-,14+/m1/s1. The highest BCUT2D eigenvalue weighted by Crippen LogP contribution is 2.43. The van der Waals surface area contributed by atoms with Crippen molar-refractivity contribution in [3.8, 4) is 0 Å². The molecule has 3 heterocycles. The molecular weight excluding hydrogens is 294 g/mol. The fraction of sp³-hybridized carbons (Fsp3) is 0.647. The van der Waals surface area contributed by atoms with E-state index >= 15 is 0 Å². The largest absolute Gasteiger partial charge is 0.379 e. The molecule has 0 aliphatic carbocycles. The van der Waals surface area contributed by atoms with Crippen LogP contribution in [0.1, 0.15) is 25.1 Å². The highest BCUT2D eigenvalue weighted by molar-refractivity contribution is 5.75. The Kier molecular flexibility index (Phi) is 3.96. The number of fused-ring (bicyclic) bond motifs is 1. The molecule has 0 bridgehead atoms.